The van der Waals surface area contributed by atoms with Crippen molar-refractivity contribution in [1.29, 1.82) is 0 Å². The number of carbonyl (C=O) groups is 2. The molecule has 1 saturated heterocycles. The minimum Gasteiger partial charge on any atom is -0.336 e. The molecule has 2 aromatic rings. The standard InChI is InChI=1S/C22H20Cl2N2O2/c23-19-7-1-17(2-8-19)5-11-21(27)25-13-15-26(16-14-25)22(28)12-6-18-3-9-20(24)10-4-18/h1-12H,13-16H2/b11-5+,12-6+. The number of rotatable bonds is 4. The molecule has 0 aromatic heterocycles. The number of benzene rings is 2. The van der Waals surface area contributed by atoms with E-state index in [0.29, 0.717) is 36.2 Å². The van der Waals surface area contributed by atoms with Crippen LogP contribution in [0, 0.1) is 0 Å². The maximum absolute atomic E-state index is 12.3. The lowest BCUT2D eigenvalue weighted by atomic mass is 10.2. The van der Waals surface area contributed by atoms with Crippen LogP contribution in [-0.2, 0) is 9.59 Å². The number of hydrogen-bond acceptors (Lipinski definition) is 2. The third kappa shape index (κ3) is 5.72. The summed E-state index contributed by atoms with van der Waals surface area (Å²) in [5, 5.41) is 1.32. The predicted molar refractivity (Wildman–Crippen MR) is 114 cm³/mol. The van der Waals surface area contributed by atoms with Crippen molar-refractivity contribution in [2.45, 2.75) is 0 Å². The van der Waals surface area contributed by atoms with E-state index < -0.39 is 0 Å². The molecule has 0 unspecified atom stereocenters. The van der Waals surface area contributed by atoms with Crippen molar-refractivity contribution >= 4 is 47.2 Å². The van der Waals surface area contributed by atoms with Gasteiger partial charge in [0, 0.05) is 48.4 Å². The second-order valence-corrected chi connectivity index (χ2v) is 7.29. The summed E-state index contributed by atoms with van der Waals surface area (Å²) in [4.78, 5) is 28.2. The summed E-state index contributed by atoms with van der Waals surface area (Å²) < 4.78 is 0. The number of halogens is 2. The van der Waals surface area contributed by atoms with Crippen molar-refractivity contribution in [3.05, 3.63) is 81.9 Å². The normalized spacial score (nSPS) is 14.8. The predicted octanol–water partition coefficient (Wildman–Crippen LogP) is 4.39. The Morgan fingerprint density at radius 2 is 0.964 bits per heavy atom. The summed E-state index contributed by atoms with van der Waals surface area (Å²) in [6.07, 6.45) is 6.65. The third-order valence-corrected chi connectivity index (χ3v) is 4.98. The lowest BCUT2D eigenvalue weighted by Crippen LogP contribution is -2.49. The summed E-state index contributed by atoms with van der Waals surface area (Å²) in [6, 6.07) is 14.6. The zero-order chi connectivity index (χ0) is 19.9. The number of nitrogens with zero attached hydrogens (tertiary/aromatic N) is 2. The van der Waals surface area contributed by atoms with Gasteiger partial charge in [-0.05, 0) is 47.5 Å². The van der Waals surface area contributed by atoms with Gasteiger partial charge in [0.05, 0.1) is 0 Å². The minimum atomic E-state index is -0.0567. The fourth-order valence-corrected chi connectivity index (χ4v) is 3.09. The zero-order valence-electron chi connectivity index (χ0n) is 15.2. The molecule has 1 aliphatic rings. The van der Waals surface area contributed by atoms with Crippen LogP contribution in [0.5, 0.6) is 0 Å². The van der Waals surface area contributed by atoms with Crippen LogP contribution in [0.15, 0.2) is 60.7 Å². The van der Waals surface area contributed by atoms with Gasteiger partial charge in [0.2, 0.25) is 11.8 Å². The van der Waals surface area contributed by atoms with E-state index in [1.807, 2.05) is 24.3 Å². The number of amides is 2. The second-order valence-electron chi connectivity index (χ2n) is 6.42. The number of piperazine rings is 1. The monoisotopic (exact) mass is 414 g/mol. The van der Waals surface area contributed by atoms with Crippen LogP contribution in [0.3, 0.4) is 0 Å². The first-order chi connectivity index (χ1) is 13.5. The van der Waals surface area contributed by atoms with Crippen molar-refractivity contribution in [3.8, 4) is 0 Å². The van der Waals surface area contributed by atoms with Crippen molar-refractivity contribution in [2.75, 3.05) is 26.2 Å². The summed E-state index contributed by atoms with van der Waals surface area (Å²) in [6.45, 7) is 2.07. The highest BCUT2D eigenvalue weighted by Crippen LogP contribution is 2.13. The van der Waals surface area contributed by atoms with Gasteiger partial charge in [0.15, 0.2) is 0 Å². The Morgan fingerprint density at radius 1 is 0.643 bits per heavy atom. The molecule has 0 N–H and O–H groups in total. The molecule has 144 valence electrons. The molecule has 0 spiro atoms. The van der Waals surface area contributed by atoms with Gasteiger partial charge in [-0.1, -0.05) is 47.5 Å². The number of carbonyl (C=O) groups excluding carboxylic acids is 2. The van der Waals surface area contributed by atoms with E-state index in [1.165, 1.54) is 0 Å². The van der Waals surface area contributed by atoms with E-state index in [1.54, 1.807) is 58.4 Å². The van der Waals surface area contributed by atoms with Gasteiger partial charge < -0.3 is 9.80 Å². The fraction of sp³-hybridized carbons (Fsp3) is 0.182. The molecule has 1 fully saturated rings. The topological polar surface area (TPSA) is 40.6 Å². The first-order valence-corrected chi connectivity index (χ1v) is 9.72. The Hall–Kier alpha value is -2.56. The molecule has 3 rings (SSSR count). The van der Waals surface area contributed by atoms with Crippen LogP contribution in [-0.4, -0.2) is 47.8 Å². The highest BCUT2D eigenvalue weighted by Gasteiger charge is 2.21. The zero-order valence-corrected chi connectivity index (χ0v) is 16.7. The maximum atomic E-state index is 12.3. The van der Waals surface area contributed by atoms with E-state index in [-0.39, 0.29) is 11.8 Å². The molecule has 0 bridgehead atoms. The van der Waals surface area contributed by atoms with Crippen molar-refractivity contribution in [3.63, 3.8) is 0 Å². The molecule has 28 heavy (non-hydrogen) atoms. The second kappa shape index (κ2) is 9.58. The molecule has 1 aliphatic heterocycles. The van der Waals surface area contributed by atoms with E-state index in [2.05, 4.69) is 0 Å². The summed E-state index contributed by atoms with van der Waals surface area (Å²) >= 11 is 11.7. The first kappa shape index (κ1) is 20.2. The molecular weight excluding hydrogens is 395 g/mol. The van der Waals surface area contributed by atoms with Crippen LogP contribution >= 0.6 is 23.2 Å². The molecule has 2 amide bonds. The van der Waals surface area contributed by atoms with Crippen LogP contribution in [0.25, 0.3) is 12.2 Å². The lowest BCUT2D eigenvalue weighted by Gasteiger charge is -2.33. The number of hydrogen-bond donors (Lipinski definition) is 0. The van der Waals surface area contributed by atoms with E-state index in [9.17, 15) is 9.59 Å². The SMILES string of the molecule is O=C(/C=C/c1ccc(Cl)cc1)N1CCN(C(=O)/C=C/c2ccc(Cl)cc2)CC1. The van der Waals surface area contributed by atoms with Gasteiger partial charge in [0.1, 0.15) is 0 Å². The van der Waals surface area contributed by atoms with Crippen LogP contribution in [0.2, 0.25) is 10.0 Å². The molecule has 0 radical (unpaired) electrons. The highest BCUT2D eigenvalue weighted by molar-refractivity contribution is 6.30. The quantitative estimate of drug-likeness (QED) is 0.695. The minimum absolute atomic E-state index is 0.0567. The van der Waals surface area contributed by atoms with Crippen LogP contribution in [0.4, 0.5) is 0 Å². The van der Waals surface area contributed by atoms with Gasteiger partial charge in [-0.15, -0.1) is 0 Å². The largest absolute Gasteiger partial charge is 0.336 e. The molecule has 2 aromatic carbocycles. The third-order valence-electron chi connectivity index (χ3n) is 4.48. The van der Waals surface area contributed by atoms with Gasteiger partial charge in [-0.2, -0.15) is 0 Å². The molecule has 6 heteroatoms. The van der Waals surface area contributed by atoms with Gasteiger partial charge >= 0.3 is 0 Å². The molecule has 0 aliphatic carbocycles. The Balaban J connectivity index is 1.49. The Bertz CT molecular complexity index is 806. The molecule has 1 heterocycles. The summed E-state index contributed by atoms with van der Waals surface area (Å²) in [7, 11) is 0. The Morgan fingerprint density at radius 3 is 1.29 bits per heavy atom. The Kier molecular flexibility index (Phi) is 6.90. The van der Waals surface area contributed by atoms with Gasteiger partial charge in [-0.25, -0.2) is 0 Å². The Labute approximate surface area is 174 Å². The van der Waals surface area contributed by atoms with E-state index in [4.69, 9.17) is 23.2 Å². The lowest BCUT2D eigenvalue weighted by molar-refractivity contribution is -0.133. The molecule has 0 saturated carbocycles. The van der Waals surface area contributed by atoms with Gasteiger partial charge in [0.25, 0.3) is 0 Å². The molecular formula is C22H20Cl2N2O2. The van der Waals surface area contributed by atoms with E-state index >= 15 is 0 Å². The highest BCUT2D eigenvalue weighted by atomic mass is 35.5. The van der Waals surface area contributed by atoms with Crippen molar-refractivity contribution in [1.82, 2.24) is 9.80 Å². The van der Waals surface area contributed by atoms with Crippen LogP contribution in [0.1, 0.15) is 11.1 Å². The average molecular weight is 415 g/mol. The average Bonchev–Trinajstić information content (AvgIpc) is 2.72. The summed E-state index contributed by atoms with van der Waals surface area (Å²) in [5.41, 5.74) is 1.83. The smallest absolute Gasteiger partial charge is 0.246 e. The van der Waals surface area contributed by atoms with Crippen LogP contribution < -0.4 is 0 Å². The first-order valence-electron chi connectivity index (χ1n) is 8.96. The van der Waals surface area contributed by atoms with Crippen molar-refractivity contribution < 1.29 is 9.59 Å². The van der Waals surface area contributed by atoms with E-state index in [0.717, 1.165) is 11.1 Å². The molecule has 4 nitrogen and oxygen atoms in total. The van der Waals surface area contributed by atoms with Crippen molar-refractivity contribution in [2.24, 2.45) is 0 Å². The van der Waals surface area contributed by atoms with Gasteiger partial charge in [-0.3, -0.25) is 9.59 Å². The molecule has 0 atom stereocenters. The maximum Gasteiger partial charge on any atom is 0.246 e. The summed E-state index contributed by atoms with van der Waals surface area (Å²) in [5.74, 6) is -0.113. The fourth-order valence-electron chi connectivity index (χ4n) is 2.84.